The smallest absolute Gasteiger partial charge is 0.264 e. The van der Waals surface area contributed by atoms with E-state index < -0.39 is 10.0 Å². The second-order valence-corrected chi connectivity index (χ2v) is 9.61. The molecule has 8 heteroatoms. The summed E-state index contributed by atoms with van der Waals surface area (Å²) >= 11 is 1.53. The molecule has 2 rings (SSSR count). The molecular weight excluding hydrogens is 420 g/mol. The van der Waals surface area contributed by atoms with Gasteiger partial charge >= 0.3 is 0 Å². The molecule has 164 valence electrons. The van der Waals surface area contributed by atoms with Crippen LogP contribution < -0.4 is 14.4 Å². The van der Waals surface area contributed by atoms with Gasteiger partial charge in [-0.05, 0) is 75.1 Å². The number of rotatable bonds is 11. The van der Waals surface area contributed by atoms with E-state index in [1.807, 2.05) is 27.0 Å². The SMILES string of the molecule is CCC[C@H](C)NC(=O)CN(c1ccc(OCC)cc1)S(=O)(=O)c1ccc(SC)cc1. The van der Waals surface area contributed by atoms with Crippen LogP contribution in [0.25, 0.3) is 0 Å². The van der Waals surface area contributed by atoms with Gasteiger partial charge < -0.3 is 10.1 Å². The Hall–Kier alpha value is -2.19. The predicted molar refractivity (Wildman–Crippen MR) is 123 cm³/mol. The minimum Gasteiger partial charge on any atom is -0.494 e. The molecule has 0 heterocycles. The van der Waals surface area contributed by atoms with Crippen molar-refractivity contribution in [3.05, 3.63) is 48.5 Å². The molecule has 0 aliphatic rings. The van der Waals surface area contributed by atoms with Gasteiger partial charge in [-0.25, -0.2) is 8.42 Å². The zero-order valence-corrected chi connectivity index (χ0v) is 19.6. The third-order valence-corrected chi connectivity index (χ3v) is 7.03. The van der Waals surface area contributed by atoms with E-state index in [1.165, 1.54) is 11.8 Å². The van der Waals surface area contributed by atoms with Crippen molar-refractivity contribution in [3.8, 4) is 5.75 Å². The van der Waals surface area contributed by atoms with Gasteiger partial charge in [0.1, 0.15) is 12.3 Å². The Labute approximate surface area is 184 Å². The topological polar surface area (TPSA) is 75.7 Å². The first-order valence-electron chi connectivity index (χ1n) is 10.0. The summed E-state index contributed by atoms with van der Waals surface area (Å²) in [6.45, 7) is 6.05. The molecule has 2 aromatic rings. The highest BCUT2D eigenvalue weighted by Crippen LogP contribution is 2.27. The van der Waals surface area contributed by atoms with Crippen molar-refractivity contribution in [1.29, 1.82) is 0 Å². The summed E-state index contributed by atoms with van der Waals surface area (Å²) < 4.78 is 33.4. The van der Waals surface area contributed by atoms with Gasteiger partial charge in [-0.1, -0.05) is 13.3 Å². The van der Waals surface area contributed by atoms with Crippen LogP contribution in [-0.2, 0) is 14.8 Å². The molecule has 0 aliphatic heterocycles. The fourth-order valence-electron chi connectivity index (χ4n) is 3.02. The van der Waals surface area contributed by atoms with Crippen LogP contribution in [0.4, 0.5) is 5.69 Å². The molecule has 0 unspecified atom stereocenters. The van der Waals surface area contributed by atoms with Crippen molar-refractivity contribution in [1.82, 2.24) is 5.32 Å². The van der Waals surface area contributed by atoms with Crippen molar-refractivity contribution >= 4 is 33.4 Å². The van der Waals surface area contributed by atoms with E-state index in [9.17, 15) is 13.2 Å². The van der Waals surface area contributed by atoms with E-state index in [0.717, 1.165) is 22.0 Å². The zero-order chi connectivity index (χ0) is 22.1. The van der Waals surface area contributed by atoms with Gasteiger partial charge in [0.2, 0.25) is 5.91 Å². The summed E-state index contributed by atoms with van der Waals surface area (Å²) in [7, 11) is -3.92. The number of nitrogens with one attached hydrogen (secondary N) is 1. The van der Waals surface area contributed by atoms with Gasteiger partial charge in [-0.3, -0.25) is 9.10 Å². The Morgan fingerprint density at radius 1 is 1.10 bits per heavy atom. The maximum absolute atomic E-state index is 13.4. The number of carbonyl (C=O) groups is 1. The second-order valence-electron chi connectivity index (χ2n) is 6.87. The van der Waals surface area contributed by atoms with Gasteiger partial charge in [-0.15, -0.1) is 11.8 Å². The molecule has 0 radical (unpaired) electrons. The minimum absolute atomic E-state index is 0.0201. The predicted octanol–water partition coefficient (Wildman–Crippen LogP) is 4.31. The minimum atomic E-state index is -3.92. The van der Waals surface area contributed by atoms with E-state index in [1.54, 1.807) is 48.5 Å². The number of amides is 1. The average molecular weight is 451 g/mol. The Balaban J connectivity index is 2.37. The Kier molecular flexibility index (Phi) is 9.05. The lowest BCUT2D eigenvalue weighted by Gasteiger charge is -2.25. The Morgan fingerprint density at radius 2 is 1.73 bits per heavy atom. The number of thioether (sulfide) groups is 1. The maximum Gasteiger partial charge on any atom is 0.264 e. The molecule has 2 aromatic carbocycles. The first-order chi connectivity index (χ1) is 14.3. The third-order valence-electron chi connectivity index (χ3n) is 4.50. The summed E-state index contributed by atoms with van der Waals surface area (Å²) in [5.74, 6) is 0.304. The van der Waals surface area contributed by atoms with E-state index in [0.29, 0.717) is 18.0 Å². The monoisotopic (exact) mass is 450 g/mol. The molecule has 1 N–H and O–H groups in total. The van der Waals surface area contributed by atoms with Crippen LogP contribution >= 0.6 is 11.8 Å². The van der Waals surface area contributed by atoms with Crippen molar-refractivity contribution in [2.24, 2.45) is 0 Å². The molecule has 30 heavy (non-hydrogen) atoms. The quantitative estimate of drug-likeness (QED) is 0.517. The first-order valence-corrected chi connectivity index (χ1v) is 12.7. The van der Waals surface area contributed by atoms with Gasteiger partial charge in [-0.2, -0.15) is 0 Å². The van der Waals surface area contributed by atoms with Crippen LogP contribution in [0.15, 0.2) is 58.3 Å². The molecule has 1 amide bonds. The number of ether oxygens (including phenoxy) is 1. The van der Waals surface area contributed by atoms with Crippen LogP contribution in [0.3, 0.4) is 0 Å². The molecule has 1 atom stereocenters. The van der Waals surface area contributed by atoms with Crippen LogP contribution in [0.5, 0.6) is 5.75 Å². The third kappa shape index (κ3) is 6.40. The summed E-state index contributed by atoms with van der Waals surface area (Å²) in [5, 5.41) is 2.88. The number of nitrogens with zero attached hydrogens (tertiary/aromatic N) is 1. The fourth-order valence-corrected chi connectivity index (χ4v) is 4.85. The van der Waals surface area contributed by atoms with Gasteiger partial charge in [0.05, 0.1) is 17.2 Å². The molecule has 6 nitrogen and oxygen atoms in total. The number of anilines is 1. The number of benzene rings is 2. The summed E-state index contributed by atoms with van der Waals surface area (Å²) in [5.41, 5.74) is 0.408. The molecule has 0 bridgehead atoms. The highest BCUT2D eigenvalue weighted by Gasteiger charge is 2.27. The van der Waals surface area contributed by atoms with E-state index in [2.05, 4.69) is 5.32 Å². The zero-order valence-electron chi connectivity index (χ0n) is 17.9. The molecule has 0 fully saturated rings. The van der Waals surface area contributed by atoms with Crippen molar-refractivity contribution in [2.75, 3.05) is 23.7 Å². The molecular formula is C22H30N2O4S2. The highest BCUT2D eigenvalue weighted by atomic mass is 32.2. The lowest BCUT2D eigenvalue weighted by atomic mass is 10.2. The van der Waals surface area contributed by atoms with Gasteiger partial charge in [0.15, 0.2) is 0 Å². The van der Waals surface area contributed by atoms with Crippen LogP contribution in [0.2, 0.25) is 0 Å². The van der Waals surface area contributed by atoms with E-state index >= 15 is 0 Å². The molecule has 0 saturated carbocycles. The van der Waals surface area contributed by atoms with Crippen LogP contribution in [0.1, 0.15) is 33.6 Å². The van der Waals surface area contributed by atoms with Crippen LogP contribution in [0, 0.1) is 0 Å². The Morgan fingerprint density at radius 3 is 2.27 bits per heavy atom. The van der Waals surface area contributed by atoms with Crippen LogP contribution in [-0.4, -0.2) is 39.8 Å². The largest absolute Gasteiger partial charge is 0.494 e. The molecule has 0 saturated heterocycles. The first kappa shape index (κ1) is 24.1. The standard InChI is InChI=1S/C22H30N2O4S2/c1-5-7-17(3)23-22(25)16-24(18-8-10-19(11-9-18)28-6-2)30(26,27)21-14-12-20(29-4)13-15-21/h8-15,17H,5-7,16H2,1-4H3,(H,23,25)/t17-/m0/s1. The maximum atomic E-state index is 13.4. The number of hydrogen-bond donors (Lipinski definition) is 1. The van der Waals surface area contributed by atoms with E-state index in [4.69, 9.17) is 4.74 Å². The van der Waals surface area contributed by atoms with E-state index in [-0.39, 0.29) is 23.4 Å². The second kappa shape index (κ2) is 11.3. The number of carbonyl (C=O) groups excluding carboxylic acids is 1. The molecule has 0 aliphatic carbocycles. The Bertz CT molecular complexity index is 913. The van der Waals surface area contributed by atoms with Gasteiger partial charge in [0.25, 0.3) is 10.0 Å². The van der Waals surface area contributed by atoms with Crippen molar-refractivity contribution < 1.29 is 17.9 Å². The lowest BCUT2D eigenvalue weighted by molar-refractivity contribution is -0.120. The number of hydrogen-bond acceptors (Lipinski definition) is 5. The summed E-state index contributed by atoms with van der Waals surface area (Å²) in [6, 6.07) is 13.4. The normalized spacial score (nSPS) is 12.3. The van der Waals surface area contributed by atoms with Crippen molar-refractivity contribution in [3.63, 3.8) is 0 Å². The lowest BCUT2D eigenvalue weighted by Crippen LogP contribution is -2.43. The average Bonchev–Trinajstić information content (AvgIpc) is 2.73. The number of sulfonamides is 1. The fraction of sp³-hybridized carbons (Fsp3) is 0.409. The van der Waals surface area contributed by atoms with Gasteiger partial charge in [0, 0.05) is 10.9 Å². The molecule has 0 spiro atoms. The van der Waals surface area contributed by atoms with Crippen molar-refractivity contribution in [2.45, 2.75) is 49.4 Å². The summed E-state index contributed by atoms with van der Waals surface area (Å²) in [6.07, 6.45) is 3.69. The highest BCUT2D eigenvalue weighted by molar-refractivity contribution is 7.98. The molecule has 0 aromatic heterocycles. The summed E-state index contributed by atoms with van der Waals surface area (Å²) in [4.78, 5) is 13.7.